The van der Waals surface area contributed by atoms with Gasteiger partial charge >= 0.3 is 150 Å². The van der Waals surface area contributed by atoms with E-state index in [4.69, 9.17) is 0 Å². The number of allylic oxidation sites excluding steroid dienone is 1. The molecule has 0 N–H and O–H groups in total. The fourth-order valence-electron chi connectivity index (χ4n) is 3.32. The summed E-state index contributed by atoms with van der Waals surface area (Å²) in [5.74, 6) is 0. The molecule has 0 radical (unpaired) electrons. The summed E-state index contributed by atoms with van der Waals surface area (Å²) < 4.78 is 7.18. The summed E-state index contributed by atoms with van der Waals surface area (Å²) in [4.78, 5) is 0. The molecule has 0 saturated heterocycles. The summed E-state index contributed by atoms with van der Waals surface area (Å²) in [6, 6.07) is 33.4. The van der Waals surface area contributed by atoms with Crippen LogP contribution in [0.4, 0.5) is 0 Å². The minimum absolute atomic E-state index is 1.10. The Morgan fingerprint density at radius 3 is 1.29 bits per heavy atom. The average molecular weight is 419 g/mol. The monoisotopic (exact) mass is 420 g/mol. The second-order valence-corrected chi connectivity index (χ2v) is 16.6. The molecule has 0 saturated carbocycles. The van der Waals surface area contributed by atoms with Crippen molar-refractivity contribution in [3.63, 3.8) is 0 Å². The second-order valence-electron chi connectivity index (χ2n) is 6.25. The summed E-state index contributed by atoms with van der Waals surface area (Å²) in [7, 11) is 0. The molecular formula is C23H24Sn. The molecule has 0 spiro atoms. The first-order chi connectivity index (χ1) is 11.8. The Hall–Kier alpha value is -1.80. The van der Waals surface area contributed by atoms with E-state index in [1.54, 1.807) is 0 Å². The Labute approximate surface area is 149 Å². The fourth-order valence-corrected chi connectivity index (χ4v) is 16.4. The Kier molecular flexibility index (Phi) is 5.57. The molecule has 3 aromatic rings. The van der Waals surface area contributed by atoms with Gasteiger partial charge in [0, 0.05) is 0 Å². The molecule has 120 valence electrons. The molecule has 0 bridgehead atoms. The number of hydrogen-bond donors (Lipinski definition) is 0. The zero-order chi connectivity index (χ0) is 16.8. The van der Waals surface area contributed by atoms with Crippen molar-refractivity contribution < 1.29 is 0 Å². The van der Waals surface area contributed by atoms with E-state index in [2.05, 4.69) is 109 Å². The SMILES string of the molecule is CC/C(C)=[CH]\[Sn]([c]1ccccc1)([c]1ccccc1)[c]1ccccc1. The topological polar surface area (TPSA) is 0 Å². The van der Waals surface area contributed by atoms with Gasteiger partial charge in [-0.25, -0.2) is 0 Å². The van der Waals surface area contributed by atoms with Gasteiger partial charge in [-0.15, -0.1) is 0 Å². The van der Waals surface area contributed by atoms with Crippen LogP contribution < -0.4 is 10.7 Å². The van der Waals surface area contributed by atoms with E-state index >= 15 is 0 Å². The van der Waals surface area contributed by atoms with Crippen molar-refractivity contribution in [1.29, 1.82) is 0 Å². The predicted molar refractivity (Wildman–Crippen MR) is 108 cm³/mol. The first-order valence-electron chi connectivity index (χ1n) is 8.62. The number of benzene rings is 3. The van der Waals surface area contributed by atoms with E-state index in [9.17, 15) is 0 Å². The summed E-state index contributed by atoms with van der Waals surface area (Å²) >= 11 is -3.15. The Morgan fingerprint density at radius 1 is 0.667 bits per heavy atom. The molecule has 3 aromatic carbocycles. The van der Waals surface area contributed by atoms with E-state index in [0.29, 0.717) is 0 Å². The van der Waals surface area contributed by atoms with Crippen molar-refractivity contribution in [2.45, 2.75) is 20.3 Å². The quantitative estimate of drug-likeness (QED) is 0.548. The maximum atomic E-state index is 2.65. The molecule has 24 heavy (non-hydrogen) atoms. The zero-order valence-corrected chi connectivity index (χ0v) is 17.3. The Morgan fingerprint density at radius 2 is 1.00 bits per heavy atom. The van der Waals surface area contributed by atoms with Gasteiger partial charge in [0.15, 0.2) is 0 Å². The molecule has 0 fully saturated rings. The van der Waals surface area contributed by atoms with Crippen LogP contribution in [-0.4, -0.2) is 18.4 Å². The van der Waals surface area contributed by atoms with Gasteiger partial charge < -0.3 is 0 Å². The van der Waals surface area contributed by atoms with Crippen molar-refractivity contribution in [3.05, 3.63) is 101 Å². The van der Waals surface area contributed by atoms with Crippen LogP contribution in [0, 0.1) is 0 Å². The number of hydrogen-bond acceptors (Lipinski definition) is 0. The molecule has 0 aromatic heterocycles. The van der Waals surface area contributed by atoms with Gasteiger partial charge in [0.05, 0.1) is 0 Å². The second kappa shape index (κ2) is 7.85. The van der Waals surface area contributed by atoms with E-state index in [1.807, 2.05) is 0 Å². The third-order valence-electron chi connectivity index (χ3n) is 4.71. The molecular weight excluding hydrogens is 395 g/mol. The van der Waals surface area contributed by atoms with E-state index in [1.165, 1.54) is 16.3 Å². The van der Waals surface area contributed by atoms with Gasteiger partial charge in [0.2, 0.25) is 0 Å². The fraction of sp³-hybridized carbons (Fsp3) is 0.130. The van der Waals surface area contributed by atoms with Crippen molar-refractivity contribution in [2.75, 3.05) is 0 Å². The van der Waals surface area contributed by atoms with Gasteiger partial charge in [-0.1, -0.05) is 0 Å². The molecule has 0 amide bonds. The third kappa shape index (κ3) is 3.34. The van der Waals surface area contributed by atoms with Crippen LogP contribution in [0.15, 0.2) is 101 Å². The van der Waals surface area contributed by atoms with Crippen LogP contribution in [0.25, 0.3) is 0 Å². The molecule has 3 rings (SSSR count). The third-order valence-corrected chi connectivity index (χ3v) is 18.0. The van der Waals surface area contributed by atoms with Gasteiger partial charge in [-0.05, 0) is 0 Å². The first kappa shape index (κ1) is 17.0. The number of rotatable bonds is 5. The summed E-state index contributed by atoms with van der Waals surface area (Å²) in [6.45, 7) is 4.53. The Bertz CT molecular complexity index is 693. The van der Waals surface area contributed by atoms with Gasteiger partial charge in [0.1, 0.15) is 0 Å². The van der Waals surface area contributed by atoms with Crippen LogP contribution in [0.5, 0.6) is 0 Å². The molecule has 0 atom stereocenters. The molecule has 0 heterocycles. The average Bonchev–Trinajstić information content (AvgIpc) is 2.68. The minimum atomic E-state index is -3.15. The summed E-state index contributed by atoms with van der Waals surface area (Å²) in [5.41, 5.74) is 1.49. The first-order valence-corrected chi connectivity index (χ1v) is 14.5. The van der Waals surface area contributed by atoms with Crippen LogP contribution in [-0.2, 0) is 0 Å². The van der Waals surface area contributed by atoms with Crippen molar-refractivity contribution in [1.82, 2.24) is 0 Å². The van der Waals surface area contributed by atoms with Gasteiger partial charge in [0.25, 0.3) is 0 Å². The molecule has 0 nitrogen and oxygen atoms in total. The standard InChI is InChI=1S/3C6H5.C5H9.Sn/c3*1-2-4-6-5-3-1;1-4-5(2)3;/h3*1-5H;2H,4H2,1,3H3;. The molecule has 0 aliphatic rings. The molecule has 0 unspecified atom stereocenters. The maximum absolute atomic E-state index is 3.15. The van der Waals surface area contributed by atoms with Gasteiger partial charge in [-0.3, -0.25) is 0 Å². The van der Waals surface area contributed by atoms with E-state index < -0.39 is 18.4 Å². The molecule has 0 aliphatic heterocycles. The van der Waals surface area contributed by atoms with E-state index in [-0.39, 0.29) is 0 Å². The zero-order valence-electron chi connectivity index (χ0n) is 14.4. The van der Waals surface area contributed by atoms with Crippen LogP contribution in [0.1, 0.15) is 20.3 Å². The summed E-state index contributed by atoms with van der Waals surface area (Å²) in [5, 5.41) is 0. The van der Waals surface area contributed by atoms with Gasteiger partial charge in [-0.2, -0.15) is 0 Å². The van der Waals surface area contributed by atoms with Crippen LogP contribution >= 0.6 is 0 Å². The van der Waals surface area contributed by atoms with Crippen LogP contribution in [0.2, 0.25) is 0 Å². The van der Waals surface area contributed by atoms with Crippen LogP contribution in [0.3, 0.4) is 0 Å². The van der Waals surface area contributed by atoms with Crippen molar-refractivity contribution in [3.8, 4) is 0 Å². The Balaban J connectivity index is 2.37. The molecule has 0 aliphatic carbocycles. The normalized spacial score (nSPS) is 12.2. The predicted octanol–water partition coefficient (Wildman–Crippen LogP) is 4.05. The summed E-state index contributed by atoms with van der Waals surface area (Å²) in [6.07, 6.45) is 1.10. The van der Waals surface area contributed by atoms with Crippen molar-refractivity contribution in [2.24, 2.45) is 0 Å². The van der Waals surface area contributed by atoms with E-state index in [0.717, 1.165) is 6.42 Å². The van der Waals surface area contributed by atoms with Crippen molar-refractivity contribution >= 4 is 29.1 Å². The molecule has 1 heteroatoms.